The highest BCUT2D eigenvalue weighted by atomic mass is 15.3. The average Bonchev–Trinajstić information content (AvgIpc) is 3.55. The zero-order valence-electron chi connectivity index (χ0n) is 18.5. The summed E-state index contributed by atoms with van der Waals surface area (Å²) in [7, 11) is 4.23. The van der Waals surface area contributed by atoms with Gasteiger partial charge in [0.25, 0.3) is 0 Å². The summed E-state index contributed by atoms with van der Waals surface area (Å²) in [6, 6.07) is 9.66. The molecule has 1 saturated carbocycles. The van der Waals surface area contributed by atoms with Crippen molar-refractivity contribution < 1.29 is 0 Å². The quantitative estimate of drug-likeness (QED) is 0.571. The van der Waals surface area contributed by atoms with E-state index in [0.29, 0.717) is 12.0 Å². The second-order valence-electron chi connectivity index (χ2n) is 8.97. The van der Waals surface area contributed by atoms with Crippen molar-refractivity contribution in [1.29, 1.82) is 0 Å². The van der Waals surface area contributed by atoms with E-state index in [1.165, 1.54) is 46.5 Å². The van der Waals surface area contributed by atoms with Gasteiger partial charge in [-0.2, -0.15) is 0 Å². The van der Waals surface area contributed by atoms with E-state index in [9.17, 15) is 0 Å². The van der Waals surface area contributed by atoms with E-state index in [2.05, 4.69) is 106 Å². The number of hydrogen-bond acceptors (Lipinski definition) is 2. The van der Waals surface area contributed by atoms with Crippen LogP contribution in [0.1, 0.15) is 57.1 Å². The highest BCUT2D eigenvalue weighted by Gasteiger charge is 2.25. The Kier molecular flexibility index (Phi) is 5.54. The Labute approximate surface area is 176 Å². The normalized spacial score (nSPS) is 24.8. The maximum Gasteiger partial charge on any atom is 0.104 e. The molecule has 0 bridgehead atoms. The van der Waals surface area contributed by atoms with Crippen LogP contribution in [0.2, 0.25) is 0 Å². The molecule has 2 heteroatoms. The lowest BCUT2D eigenvalue weighted by atomic mass is 9.82. The van der Waals surface area contributed by atoms with Crippen LogP contribution in [-0.2, 0) is 0 Å². The van der Waals surface area contributed by atoms with Crippen LogP contribution in [0.15, 0.2) is 77.8 Å². The molecule has 3 aliphatic rings. The number of benzene rings is 1. The van der Waals surface area contributed by atoms with E-state index in [-0.39, 0.29) is 0 Å². The van der Waals surface area contributed by atoms with Gasteiger partial charge in [-0.25, -0.2) is 0 Å². The average molecular weight is 387 g/mol. The summed E-state index contributed by atoms with van der Waals surface area (Å²) >= 11 is 0. The van der Waals surface area contributed by atoms with Crippen LogP contribution in [0.3, 0.4) is 0 Å². The van der Waals surface area contributed by atoms with E-state index in [4.69, 9.17) is 0 Å². The van der Waals surface area contributed by atoms with Gasteiger partial charge in [0.15, 0.2) is 0 Å². The van der Waals surface area contributed by atoms with Crippen molar-refractivity contribution in [1.82, 2.24) is 9.80 Å². The van der Waals surface area contributed by atoms with Crippen LogP contribution >= 0.6 is 0 Å². The second kappa shape index (κ2) is 8.10. The molecule has 0 N–H and O–H groups in total. The Morgan fingerprint density at radius 2 is 1.90 bits per heavy atom. The lowest BCUT2D eigenvalue weighted by Crippen LogP contribution is -2.34. The molecule has 2 unspecified atom stereocenters. The molecule has 1 aliphatic heterocycles. The van der Waals surface area contributed by atoms with Gasteiger partial charge >= 0.3 is 0 Å². The molecule has 29 heavy (non-hydrogen) atoms. The number of rotatable bonds is 5. The molecule has 1 heterocycles. The monoisotopic (exact) mass is 386 g/mol. The number of nitrogens with zero attached hydrogens (tertiary/aromatic N) is 2. The summed E-state index contributed by atoms with van der Waals surface area (Å²) in [6.07, 6.45) is 17.7. The topological polar surface area (TPSA) is 6.48 Å². The molecule has 152 valence electrons. The minimum absolute atomic E-state index is 0.348. The van der Waals surface area contributed by atoms with Gasteiger partial charge < -0.3 is 9.80 Å². The van der Waals surface area contributed by atoms with Crippen LogP contribution < -0.4 is 0 Å². The molecule has 2 nitrogen and oxygen atoms in total. The van der Waals surface area contributed by atoms with E-state index in [0.717, 1.165) is 12.3 Å². The van der Waals surface area contributed by atoms with Crippen molar-refractivity contribution in [3.63, 3.8) is 0 Å². The largest absolute Gasteiger partial charge is 0.364 e. The summed E-state index contributed by atoms with van der Waals surface area (Å²) in [5, 5.41) is 0. The zero-order chi connectivity index (χ0) is 20.5. The lowest BCUT2D eigenvalue weighted by Gasteiger charge is -2.36. The van der Waals surface area contributed by atoms with E-state index < -0.39 is 0 Å². The minimum atomic E-state index is 0.348. The highest BCUT2D eigenvalue weighted by Crippen LogP contribution is 2.42. The zero-order valence-corrected chi connectivity index (χ0v) is 18.5. The molecule has 0 amide bonds. The molecule has 1 fully saturated rings. The van der Waals surface area contributed by atoms with Gasteiger partial charge in [0.1, 0.15) is 5.82 Å². The van der Waals surface area contributed by atoms with Crippen molar-refractivity contribution in [3.8, 4) is 0 Å². The van der Waals surface area contributed by atoms with Crippen molar-refractivity contribution >= 4 is 5.57 Å². The predicted octanol–water partition coefficient (Wildman–Crippen LogP) is 6.48. The summed E-state index contributed by atoms with van der Waals surface area (Å²) in [6.45, 7) is 6.69. The third-order valence-corrected chi connectivity index (χ3v) is 6.29. The molecule has 0 spiro atoms. The molecule has 2 aliphatic carbocycles. The van der Waals surface area contributed by atoms with Gasteiger partial charge in [-0.3, -0.25) is 0 Å². The lowest BCUT2D eigenvalue weighted by molar-refractivity contribution is 0.296. The predicted molar refractivity (Wildman–Crippen MR) is 124 cm³/mol. The summed E-state index contributed by atoms with van der Waals surface area (Å²) < 4.78 is 0. The van der Waals surface area contributed by atoms with Crippen molar-refractivity contribution in [2.24, 2.45) is 5.92 Å². The van der Waals surface area contributed by atoms with Gasteiger partial charge in [0.05, 0.1) is 6.04 Å². The molecule has 0 aromatic heterocycles. The smallest absolute Gasteiger partial charge is 0.104 e. The first-order chi connectivity index (χ1) is 14.0. The van der Waals surface area contributed by atoms with Gasteiger partial charge in [-0.05, 0) is 78.9 Å². The van der Waals surface area contributed by atoms with E-state index >= 15 is 0 Å². The first-order valence-corrected chi connectivity index (χ1v) is 11.0. The molecular formula is C27H34N2. The Morgan fingerprint density at radius 3 is 2.59 bits per heavy atom. The maximum absolute atomic E-state index is 2.45. The Hall–Kier alpha value is -2.48. The SMILES string of the molecule is C/C=C(/N(C)C)N1C=C(C2=C(c3cccc(C4CC4)c3)CC(C)C=C2)C=CC1C. The van der Waals surface area contributed by atoms with Crippen LogP contribution in [-0.4, -0.2) is 29.9 Å². The molecular weight excluding hydrogens is 352 g/mol. The third kappa shape index (κ3) is 4.12. The highest BCUT2D eigenvalue weighted by molar-refractivity contribution is 5.78. The van der Waals surface area contributed by atoms with Gasteiger partial charge in [-0.1, -0.05) is 55.5 Å². The van der Waals surface area contributed by atoms with Crippen LogP contribution in [0.25, 0.3) is 5.57 Å². The standard InChI is InChI=1S/C27H34N2/c1-6-27(28(4)5)29-18-24(12-11-20(29)3)25-15-10-19(2)16-26(25)23-9-7-8-22(17-23)21-13-14-21/h6-12,15,17-21H,13-14,16H2,1-5H3/b27-6-. The van der Waals surface area contributed by atoms with Crippen molar-refractivity contribution in [2.75, 3.05) is 14.1 Å². The van der Waals surface area contributed by atoms with Gasteiger partial charge in [0, 0.05) is 20.3 Å². The molecule has 1 aromatic carbocycles. The number of allylic oxidation sites excluding steroid dienone is 7. The Balaban J connectivity index is 1.77. The van der Waals surface area contributed by atoms with Gasteiger partial charge in [-0.15, -0.1) is 0 Å². The summed E-state index contributed by atoms with van der Waals surface area (Å²) in [5.41, 5.74) is 7.08. The fourth-order valence-electron chi connectivity index (χ4n) is 4.52. The van der Waals surface area contributed by atoms with Crippen LogP contribution in [0.5, 0.6) is 0 Å². The molecule has 4 rings (SSSR count). The Morgan fingerprint density at radius 1 is 1.10 bits per heavy atom. The van der Waals surface area contributed by atoms with Gasteiger partial charge in [0.2, 0.25) is 0 Å². The van der Waals surface area contributed by atoms with Crippen molar-refractivity contribution in [2.45, 2.75) is 52.0 Å². The number of hydrogen-bond donors (Lipinski definition) is 0. The summed E-state index contributed by atoms with van der Waals surface area (Å²) in [5.74, 6) is 2.60. The van der Waals surface area contributed by atoms with E-state index in [1.54, 1.807) is 0 Å². The van der Waals surface area contributed by atoms with Crippen molar-refractivity contribution in [3.05, 3.63) is 88.9 Å². The van der Waals surface area contributed by atoms with E-state index in [1.807, 2.05) is 0 Å². The second-order valence-corrected chi connectivity index (χ2v) is 8.97. The van der Waals surface area contributed by atoms with Crippen LogP contribution in [0, 0.1) is 5.92 Å². The third-order valence-electron chi connectivity index (χ3n) is 6.29. The summed E-state index contributed by atoms with van der Waals surface area (Å²) in [4.78, 5) is 4.57. The Bertz CT molecular complexity index is 922. The maximum atomic E-state index is 2.45. The minimum Gasteiger partial charge on any atom is -0.364 e. The fourth-order valence-corrected chi connectivity index (χ4v) is 4.52. The fraction of sp³-hybridized carbons (Fsp3) is 0.407. The first-order valence-electron chi connectivity index (χ1n) is 11.0. The van der Waals surface area contributed by atoms with Crippen LogP contribution in [0.4, 0.5) is 0 Å². The molecule has 0 saturated heterocycles. The first kappa shape index (κ1) is 19.8. The molecule has 0 radical (unpaired) electrons. The molecule has 1 aromatic rings. The molecule has 2 atom stereocenters.